The second kappa shape index (κ2) is 7.83. The maximum Gasteiger partial charge on any atom is 0.232 e. The van der Waals surface area contributed by atoms with Crippen molar-refractivity contribution in [3.8, 4) is 11.3 Å². The standard InChI is InChI=1S/C18H18ClFIN6OP/c19-13-11(1-5-22-16(13)20)14-15-17(27(25-14)29-21)24-12(9-23-15)26-6-2-18(3-7-26)4-8-28-10-18/h1,5,9,29H,2-4,6-8,10H2. The molecule has 3 aromatic heterocycles. The molecule has 11 heteroatoms. The Morgan fingerprint density at radius 3 is 2.79 bits per heavy atom. The highest BCUT2D eigenvalue weighted by Gasteiger charge is 2.38. The number of rotatable bonds is 3. The molecule has 0 saturated carbocycles. The van der Waals surface area contributed by atoms with E-state index in [1.807, 2.05) is 0 Å². The van der Waals surface area contributed by atoms with Crippen LogP contribution in [0, 0.1) is 11.4 Å². The lowest BCUT2D eigenvalue weighted by atomic mass is 9.78. The van der Waals surface area contributed by atoms with E-state index < -0.39 is 5.95 Å². The molecule has 2 aliphatic rings. The zero-order valence-electron chi connectivity index (χ0n) is 15.4. The van der Waals surface area contributed by atoms with Crippen LogP contribution in [-0.2, 0) is 4.74 Å². The summed E-state index contributed by atoms with van der Waals surface area (Å²) < 4.78 is 21.3. The van der Waals surface area contributed by atoms with Gasteiger partial charge in [-0.1, -0.05) is 11.6 Å². The summed E-state index contributed by atoms with van der Waals surface area (Å²) in [6.45, 7) is 3.64. The molecule has 2 fully saturated rings. The minimum atomic E-state index is -0.716. The SMILES string of the molecule is Fc1nccc(-c2nn(PI)c3nc(N4CCC5(CCOC5)CC4)cnc23)c1Cl. The Morgan fingerprint density at radius 2 is 2.07 bits per heavy atom. The molecule has 2 aliphatic heterocycles. The van der Waals surface area contributed by atoms with Crippen LogP contribution in [0.2, 0.25) is 5.02 Å². The first kappa shape index (κ1) is 19.8. The highest BCUT2D eigenvalue weighted by atomic mass is 127. The smallest absolute Gasteiger partial charge is 0.232 e. The number of hydrogen-bond acceptors (Lipinski definition) is 6. The van der Waals surface area contributed by atoms with Crippen molar-refractivity contribution in [1.29, 1.82) is 0 Å². The van der Waals surface area contributed by atoms with Crippen LogP contribution in [0.5, 0.6) is 0 Å². The van der Waals surface area contributed by atoms with E-state index in [0.717, 1.165) is 51.4 Å². The monoisotopic (exact) mass is 546 g/mol. The molecule has 0 N–H and O–H groups in total. The van der Waals surface area contributed by atoms with Gasteiger partial charge in [-0.3, -0.25) is 0 Å². The van der Waals surface area contributed by atoms with Crippen molar-refractivity contribution >= 4 is 57.0 Å². The summed E-state index contributed by atoms with van der Waals surface area (Å²) in [5.74, 6) is 0.132. The van der Waals surface area contributed by atoms with Crippen LogP contribution >= 0.6 is 40.0 Å². The second-order valence-corrected chi connectivity index (χ2v) is 9.92. The van der Waals surface area contributed by atoms with E-state index in [-0.39, 0.29) is 5.02 Å². The Bertz CT molecular complexity index is 1070. The highest BCUT2D eigenvalue weighted by molar-refractivity contribution is 14.2. The average molecular weight is 547 g/mol. The lowest BCUT2D eigenvalue weighted by Gasteiger charge is -2.38. The summed E-state index contributed by atoms with van der Waals surface area (Å²) in [4.78, 5) is 15.4. The molecule has 1 spiro atoms. The molecule has 0 radical (unpaired) electrons. The third kappa shape index (κ3) is 3.49. The van der Waals surface area contributed by atoms with Crippen molar-refractivity contribution in [1.82, 2.24) is 24.5 Å². The van der Waals surface area contributed by atoms with E-state index in [9.17, 15) is 4.39 Å². The van der Waals surface area contributed by atoms with E-state index in [0.29, 0.717) is 34.2 Å². The molecule has 7 nitrogen and oxygen atoms in total. The number of anilines is 1. The lowest BCUT2D eigenvalue weighted by molar-refractivity contribution is 0.133. The van der Waals surface area contributed by atoms with Gasteiger partial charge in [0.15, 0.2) is 5.65 Å². The summed E-state index contributed by atoms with van der Waals surface area (Å²) in [7, 11) is 0. The number of halogens is 3. The molecule has 29 heavy (non-hydrogen) atoms. The third-order valence-electron chi connectivity index (χ3n) is 5.88. The Hall–Kier alpha value is -1.16. The van der Waals surface area contributed by atoms with Gasteiger partial charge >= 0.3 is 0 Å². The largest absolute Gasteiger partial charge is 0.381 e. The minimum Gasteiger partial charge on any atom is -0.381 e. The predicted octanol–water partition coefficient (Wildman–Crippen LogP) is 4.48. The molecular formula is C18H18ClFIN6OP. The summed E-state index contributed by atoms with van der Waals surface area (Å²) in [6, 6.07) is 1.65. The summed E-state index contributed by atoms with van der Waals surface area (Å²) >= 11 is 8.39. The van der Waals surface area contributed by atoms with Crippen molar-refractivity contribution in [2.75, 3.05) is 31.2 Å². The molecule has 3 aromatic rings. The quantitative estimate of drug-likeness (QED) is 0.274. The maximum absolute atomic E-state index is 13.9. The molecule has 1 atom stereocenters. The van der Waals surface area contributed by atoms with Gasteiger partial charge < -0.3 is 9.64 Å². The maximum atomic E-state index is 13.9. The topological polar surface area (TPSA) is 69.0 Å². The Labute approximate surface area is 186 Å². The molecule has 1 unspecified atom stereocenters. The van der Waals surface area contributed by atoms with Crippen molar-refractivity contribution < 1.29 is 9.13 Å². The third-order valence-corrected chi connectivity index (χ3v) is 8.08. The van der Waals surface area contributed by atoms with Crippen LogP contribution in [0.1, 0.15) is 19.3 Å². The first-order valence-electron chi connectivity index (χ1n) is 9.36. The molecule has 0 aromatic carbocycles. The van der Waals surface area contributed by atoms with Crippen molar-refractivity contribution in [3.05, 3.63) is 29.4 Å². The van der Waals surface area contributed by atoms with Gasteiger partial charge in [0, 0.05) is 31.5 Å². The number of nitrogens with zero attached hydrogens (tertiary/aromatic N) is 6. The van der Waals surface area contributed by atoms with Crippen molar-refractivity contribution in [2.45, 2.75) is 19.3 Å². The molecule has 5 rings (SSSR count). The van der Waals surface area contributed by atoms with Gasteiger partial charge in [-0.2, -0.15) is 9.49 Å². The molecule has 0 amide bonds. The van der Waals surface area contributed by atoms with Crippen LogP contribution in [0.3, 0.4) is 0 Å². The first-order chi connectivity index (χ1) is 14.1. The molecule has 5 heterocycles. The predicted molar refractivity (Wildman–Crippen MR) is 121 cm³/mol. The molecular weight excluding hydrogens is 529 g/mol. The lowest BCUT2D eigenvalue weighted by Crippen LogP contribution is -2.40. The Balaban J connectivity index is 1.50. The van der Waals surface area contributed by atoms with Gasteiger partial charge in [0.25, 0.3) is 0 Å². The van der Waals surface area contributed by atoms with Crippen molar-refractivity contribution in [2.24, 2.45) is 5.41 Å². The number of pyridine rings is 1. The van der Waals surface area contributed by atoms with Gasteiger partial charge in [0.1, 0.15) is 22.1 Å². The Morgan fingerprint density at radius 1 is 1.24 bits per heavy atom. The van der Waals surface area contributed by atoms with Crippen LogP contribution in [0.25, 0.3) is 22.4 Å². The highest BCUT2D eigenvalue weighted by Crippen LogP contribution is 2.41. The van der Waals surface area contributed by atoms with Crippen LogP contribution in [-0.4, -0.2) is 50.8 Å². The van der Waals surface area contributed by atoms with E-state index in [1.165, 1.54) is 6.20 Å². The fourth-order valence-electron chi connectivity index (χ4n) is 4.13. The van der Waals surface area contributed by atoms with E-state index >= 15 is 0 Å². The van der Waals surface area contributed by atoms with Crippen molar-refractivity contribution in [3.63, 3.8) is 0 Å². The van der Waals surface area contributed by atoms with Gasteiger partial charge in [0.2, 0.25) is 5.95 Å². The normalized spacial score (nSPS) is 19.2. The molecule has 0 bridgehead atoms. The summed E-state index contributed by atoms with van der Waals surface area (Å²) in [6.07, 6.45) is 6.87. The van der Waals surface area contributed by atoms with Crippen LogP contribution < -0.4 is 4.90 Å². The first-order valence-corrected chi connectivity index (χ1v) is 13.8. The number of fused-ring (bicyclic) bond motifs is 1. The summed E-state index contributed by atoms with van der Waals surface area (Å²) in [5.41, 5.74) is 2.64. The van der Waals surface area contributed by atoms with Crippen LogP contribution in [0.15, 0.2) is 18.5 Å². The van der Waals surface area contributed by atoms with E-state index in [1.54, 1.807) is 16.7 Å². The van der Waals surface area contributed by atoms with Gasteiger partial charge in [-0.25, -0.2) is 19.4 Å². The number of aromatic nitrogens is 5. The van der Waals surface area contributed by atoms with E-state index in [4.69, 9.17) is 21.3 Å². The average Bonchev–Trinajstić information content (AvgIpc) is 3.35. The zero-order chi connectivity index (χ0) is 20.0. The Kier molecular flexibility index (Phi) is 5.34. The van der Waals surface area contributed by atoms with E-state index in [2.05, 4.69) is 42.0 Å². The summed E-state index contributed by atoms with van der Waals surface area (Å²) in [5, 5.41) is 4.55. The van der Waals surface area contributed by atoms with Crippen LogP contribution in [0.4, 0.5) is 10.2 Å². The van der Waals surface area contributed by atoms with Gasteiger partial charge in [-0.05, 0) is 52.8 Å². The molecule has 152 valence electrons. The number of ether oxygens (including phenoxy) is 1. The van der Waals surface area contributed by atoms with Gasteiger partial charge in [0.05, 0.1) is 19.2 Å². The zero-order valence-corrected chi connectivity index (χ0v) is 19.3. The number of piperidine rings is 1. The molecule has 0 aliphatic carbocycles. The fourth-order valence-corrected chi connectivity index (χ4v) is 5.71. The number of hydrogen-bond donors (Lipinski definition) is 0. The second-order valence-electron chi connectivity index (χ2n) is 7.50. The fraction of sp³-hybridized carbons (Fsp3) is 0.444. The van der Waals surface area contributed by atoms with Gasteiger partial charge in [-0.15, -0.1) is 0 Å². The minimum absolute atomic E-state index is 0.0539. The molecule has 2 saturated heterocycles.